The summed E-state index contributed by atoms with van der Waals surface area (Å²) in [6.45, 7) is 3.65. The molecule has 41 heavy (non-hydrogen) atoms. The molecule has 0 bridgehead atoms. The lowest BCUT2D eigenvalue weighted by atomic mass is 10.1. The SMILES string of the molecule is O=C(Cc1ccc(F)cc1)N1CCN(Cc2c(-c3ccccc3)nc3ccc(-c4cc5ccccc5s4)cn23)CC1. The van der Waals surface area contributed by atoms with Crippen molar-refractivity contribution in [2.24, 2.45) is 0 Å². The molecule has 0 saturated carbocycles. The Morgan fingerprint density at radius 2 is 1.59 bits per heavy atom. The molecule has 5 nitrogen and oxygen atoms in total. The molecule has 1 aliphatic heterocycles. The zero-order chi connectivity index (χ0) is 27.8. The van der Waals surface area contributed by atoms with Crippen LogP contribution in [0, 0.1) is 5.82 Å². The molecule has 0 unspecified atom stereocenters. The van der Waals surface area contributed by atoms with E-state index in [9.17, 15) is 9.18 Å². The number of pyridine rings is 1. The number of amides is 1. The molecule has 0 aliphatic carbocycles. The number of carbonyl (C=O) groups excluding carboxylic acids is 1. The van der Waals surface area contributed by atoms with E-state index in [2.05, 4.69) is 82.2 Å². The molecule has 1 amide bonds. The number of rotatable bonds is 6. The van der Waals surface area contributed by atoms with Gasteiger partial charge in [0.05, 0.1) is 17.8 Å². The molecule has 3 aromatic heterocycles. The van der Waals surface area contributed by atoms with Crippen molar-refractivity contribution in [1.29, 1.82) is 0 Å². The lowest BCUT2D eigenvalue weighted by Crippen LogP contribution is -2.48. The van der Waals surface area contributed by atoms with Gasteiger partial charge in [-0.05, 0) is 47.3 Å². The summed E-state index contributed by atoms with van der Waals surface area (Å²) in [7, 11) is 0. The highest BCUT2D eigenvalue weighted by atomic mass is 32.1. The number of fused-ring (bicyclic) bond motifs is 2. The van der Waals surface area contributed by atoms with Crippen LogP contribution in [0.1, 0.15) is 11.3 Å². The molecule has 7 rings (SSSR count). The van der Waals surface area contributed by atoms with Crippen molar-refractivity contribution < 1.29 is 9.18 Å². The van der Waals surface area contributed by atoms with E-state index in [0.29, 0.717) is 19.5 Å². The molecular formula is C34H29FN4OS. The fraction of sp³-hybridized carbons (Fsp3) is 0.176. The fourth-order valence-corrected chi connectivity index (χ4v) is 6.65. The Kier molecular flexibility index (Phi) is 6.82. The van der Waals surface area contributed by atoms with Crippen molar-refractivity contribution >= 4 is 33.0 Å². The Hall–Kier alpha value is -4.33. The van der Waals surface area contributed by atoms with E-state index < -0.39 is 0 Å². The van der Waals surface area contributed by atoms with Crippen LogP contribution in [0.4, 0.5) is 4.39 Å². The Balaban J connectivity index is 1.15. The summed E-state index contributed by atoms with van der Waals surface area (Å²) in [5.41, 5.74) is 6.19. The number of piperazine rings is 1. The highest BCUT2D eigenvalue weighted by Crippen LogP contribution is 2.35. The molecule has 3 aromatic carbocycles. The van der Waals surface area contributed by atoms with Crippen LogP contribution in [0.25, 0.3) is 37.4 Å². The van der Waals surface area contributed by atoms with Crippen molar-refractivity contribution in [1.82, 2.24) is 19.2 Å². The molecule has 6 aromatic rings. The third-order valence-electron chi connectivity index (χ3n) is 7.84. The van der Waals surface area contributed by atoms with Crippen molar-refractivity contribution in [2.75, 3.05) is 26.2 Å². The van der Waals surface area contributed by atoms with Gasteiger partial charge in [0, 0.05) is 59.6 Å². The predicted octanol–water partition coefficient (Wildman–Crippen LogP) is 6.91. The first kappa shape index (κ1) is 25.6. The summed E-state index contributed by atoms with van der Waals surface area (Å²) >= 11 is 1.81. The molecule has 7 heteroatoms. The number of nitrogens with zero attached hydrogens (tertiary/aromatic N) is 4. The van der Waals surface area contributed by atoms with Crippen LogP contribution < -0.4 is 0 Å². The van der Waals surface area contributed by atoms with Crippen molar-refractivity contribution in [2.45, 2.75) is 13.0 Å². The van der Waals surface area contributed by atoms with Crippen LogP contribution in [0.15, 0.2) is 103 Å². The van der Waals surface area contributed by atoms with Crippen LogP contribution in [0.3, 0.4) is 0 Å². The van der Waals surface area contributed by atoms with Gasteiger partial charge in [0.1, 0.15) is 11.5 Å². The fourth-order valence-electron chi connectivity index (χ4n) is 5.60. The highest BCUT2D eigenvalue weighted by molar-refractivity contribution is 7.22. The first-order valence-corrected chi connectivity index (χ1v) is 14.7. The number of carbonyl (C=O) groups is 1. The predicted molar refractivity (Wildman–Crippen MR) is 163 cm³/mol. The van der Waals surface area contributed by atoms with Gasteiger partial charge in [0.2, 0.25) is 5.91 Å². The summed E-state index contributed by atoms with van der Waals surface area (Å²) in [5, 5.41) is 1.26. The standard InChI is InChI=1S/C34H29FN4OS/c35-28-13-10-24(11-14-28)20-33(40)38-18-16-37(17-19-38)23-29-34(25-6-2-1-3-7-25)36-32-15-12-27(22-39(29)32)31-21-26-8-4-5-9-30(26)41-31/h1-15,21-22H,16-20,23H2. The Morgan fingerprint density at radius 1 is 0.829 bits per heavy atom. The minimum Gasteiger partial charge on any atom is -0.340 e. The monoisotopic (exact) mass is 560 g/mol. The van der Waals surface area contributed by atoms with Gasteiger partial charge in [-0.15, -0.1) is 11.3 Å². The van der Waals surface area contributed by atoms with E-state index in [1.54, 1.807) is 12.1 Å². The van der Waals surface area contributed by atoms with Gasteiger partial charge in [-0.25, -0.2) is 9.37 Å². The van der Waals surface area contributed by atoms with E-state index in [0.717, 1.165) is 47.8 Å². The second kappa shape index (κ2) is 10.9. The van der Waals surface area contributed by atoms with Gasteiger partial charge >= 0.3 is 0 Å². The number of imidazole rings is 1. The van der Waals surface area contributed by atoms with E-state index in [1.165, 1.54) is 32.7 Å². The molecular weight excluding hydrogens is 531 g/mol. The van der Waals surface area contributed by atoms with Crippen LogP contribution >= 0.6 is 11.3 Å². The molecule has 204 valence electrons. The largest absolute Gasteiger partial charge is 0.340 e. The number of hydrogen-bond acceptors (Lipinski definition) is 4. The Morgan fingerprint density at radius 3 is 2.37 bits per heavy atom. The van der Waals surface area contributed by atoms with Gasteiger partial charge in [-0.2, -0.15) is 0 Å². The summed E-state index contributed by atoms with van der Waals surface area (Å²) in [4.78, 5) is 23.6. The van der Waals surface area contributed by atoms with Gasteiger partial charge in [0.15, 0.2) is 0 Å². The summed E-state index contributed by atoms with van der Waals surface area (Å²) in [5.74, 6) is -0.197. The van der Waals surface area contributed by atoms with Gasteiger partial charge in [-0.1, -0.05) is 60.7 Å². The zero-order valence-corrected chi connectivity index (χ0v) is 23.4. The van der Waals surface area contributed by atoms with E-state index in [4.69, 9.17) is 4.98 Å². The van der Waals surface area contributed by atoms with Crippen LogP contribution in [-0.4, -0.2) is 51.3 Å². The van der Waals surface area contributed by atoms with E-state index in [-0.39, 0.29) is 11.7 Å². The first-order valence-electron chi connectivity index (χ1n) is 13.9. The maximum Gasteiger partial charge on any atom is 0.227 e. The second-order valence-electron chi connectivity index (χ2n) is 10.5. The molecule has 1 saturated heterocycles. The molecule has 0 spiro atoms. The summed E-state index contributed by atoms with van der Waals surface area (Å²) in [6, 6.07) is 31.6. The molecule has 0 N–H and O–H groups in total. The normalized spacial score (nSPS) is 14.2. The number of aromatic nitrogens is 2. The van der Waals surface area contributed by atoms with Crippen molar-refractivity contribution in [3.63, 3.8) is 0 Å². The lowest BCUT2D eigenvalue weighted by Gasteiger charge is -2.35. The maximum absolute atomic E-state index is 13.3. The lowest BCUT2D eigenvalue weighted by molar-refractivity contribution is -0.132. The van der Waals surface area contributed by atoms with E-state index >= 15 is 0 Å². The van der Waals surface area contributed by atoms with E-state index in [1.807, 2.05) is 22.3 Å². The number of benzene rings is 3. The smallest absolute Gasteiger partial charge is 0.227 e. The van der Waals surface area contributed by atoms with Crippen LogP contribution in [0.2, 0.25) is 0 Å². The Bertz CT molecular complexity index is 1800. The topological polar surface area (TPSA) is 40.9 Å². The quantitative estimate of drug-likeness (QED) is 0.222. The average Bonchev–Trinajstić information content (AvgIpc) is 3.61. The molecule has 0 atom stereocenters. The zero-order valence-electron chi connectivity index (χ0n) is 22.5. The Labute approximate surface area is 242 Å². The highest BCUT2D eigenvalue weighted by Gasteiger charge is 2.24. The maximum atomic E-state index is 13.3. The minimum atomic E-state index is -0.284. The number of halogens is 1. The molecule has 1 fully saturated rings. The van der Waals surface area contributed by atoms with Gasteiger partial charge in [0.25, 0.3) is 0 Å². The first-order chi connectivity index (χ1) is 20.1. The number of hydrogen-bond donors (Lipinski definition) is 0. The van der Waals surface area contributed by atoms with Crippen molar-refractivity contribution in [3.05, 3.63) is 120 Å². The summed E-state index contributed by atoms with van der Waals surface area (Å²) < 4.78 is 16.8. The second-order valence-corrected chi connectivity index (χ2v) is 11.6. The van der Waals surface area contributed by atoms with Crippen LogP contribution in [0.5, 0.6) is 0 Å². The average molecular weight is 561 g/mol. The molecule has 0 radical (unpaired) electrons. The number of thiophene rings is 1. The summed E-state index contributed by atoms with van der Waals surface area (Å²) in [6.07, 6.45) is 2.52. The molecule has 1 aliphatic rings. The van der Waals surface area contributed by atoms with Gasteiger partial charge < -0.3 is 9.30 Å². The molecule has 4 heterocycles. The van der Waals surface area contributed by atoms with Crippen LogP contribution in [-0.2, 0) is 17.8 Å². The van der Waals surface area contributed by atoms with Gasteiger partial charge in [-0.3, -0.25) is 9.69 Å². The minimum absolute atomic E-state index is 0.0870. The third-order valence-corrected chi connectivity index (χ3v) is 9.01. The third kappa shape index (κ3) is 5.26. The van der Waals surface area contributed by atoms with Crippen molar-refractivity contribution in [3.8, 4) is 21.7 Å².